The number of nitriles is 1. The van der Waals surface area contributed by atoms with Crippen molar-refractivity contribution in [3.63, 3.8) is 0 Å². The largest absolute Gasteiger partial charge is 0.456 e. The van der Waals surface area contributed by atoms with Gasteiger partial charge in [0.05, 0.1) is 17.1 Å². The number of nitrogens with zero attached hydrogens (tertiary/aromatic N) is 2. The van der Waals surface area contributed by atoms with Crippen molar-refractivity contribution in [3.8, 4) is 11.8 Å². The zero-order valence-corrected chi connectivity index (χ0v) is 13.7. The Balaban J connectivity index is 1.77. The summed E-state index contributed by atoms with van der Waals surface area (Å²) in [5.74, 6) is 0. The smallest absolute Gasteiger partial charge is 0.135 e. The number of benzene rings is 3. The van der Waals surface area contributed by atoms with E-state index in [2.05, 4.69) is 41.8 Å². The highest BCUT2D eigenvalue weighted by Gasteiger charge is 2.10. The standard InChI is InChI=1S/C22H14N2O/c1-14-2-6-21-18(10-14)19-12-17(4-7-22(19)25-21)24-9-8-16-11-15(13-23)3-5-20(16)24/h2-12H,1H3. The Morgan fingerprint density at radius 2 is 1.68 bits per heavy atom. The van der Waals surface area contributed by atoms with E-state index in [0.717, 1.165) is 38.5 Å². The Morgan fingerprint density at radius 1 is 0.880 bits per heavy atom. The van der Waals surface area contributed by atoms with E-state index in [1.165, 1.54) is 5.56 Å². The molecule has 0 spiro atoms. The number of aromatic nitrogens is 1. The van der Waals surface area contributed by atoms with Crippen LogP contribution in [0.25, 0.3) is 38.5 Å². The van der Waals surface area contributed by atoms with Crippen molar-refractivity contribution in [3.05, 3.63) is 78.0 Å². The van der Waals surface area contributed by atoms with Gasteiger partial charge in [0.1, 0.15) is 11.2 Å². The van der Waals surface area contributed by atoms with Gasteiger partial charge in [-0.05, 0) is 61.5 Å². The molecule has 0 amide bonds. The van der Waals surface area contributed by atoms with E-state index in [0.29, 0.717) is 5.56 Å². The molecule has 3 nitrogen and oxygen atoms in total. The van der Waals surface area contributed by atoms with Crippen LogP contribution >= 0.6 is 0 Å². The van der Waals surface area contributed by atoms with Crippen molar-refractivity contribution < 1.29 is 4.42 Å². The first-order chi connectivity index (χ1) is 12.2. The van der Waals surface area contributed by atoms with Gasteiger partial charge in [0.25, 0.3) is 0 Å². The fourth-order valence-corrected chi connectivity index (χ4v) is 3.47. The molecule has 5 rings (SSSR count). The van der Waals surface area contributed by atoms with Crippen LogP contribution in [0.1, 0.15) is 11.1 Å². The molecule has 0 unspecified atom stereocenters. The quantitative estimate of drug-likeness (QED) is 0.396. The first-order valence-corrected chi connectivity index (χ1v) is 8.17. The normalized spacial score (nSPS) is 11.4. The summed E-state index contributed by atoms with van der Waals surface area (Å²) in [4.78, 5) is 0. The molecule has 5 aromatic rings. The molecular formula is C22H14N2O. The highest BCUT2D eigenvalue weighted by atomic mass is 16.3. The number of aryl methyl sites for hydroxylation is 1. The molecule has 0 saturated heterocycles. The second-order valence-electron chi connectivity index (χ2n) is 6.35. The van der Waals surface area contributed by atoms with E-state index in [1.54, 1.807) is 0 Å². The Labute approximate surface area is 144 Å². The van der Waals surface area contributed by atoms with Gasteiger partial charge in [-0.25, -0.2) is 0 Å². The molecule has 0 fully saturated rings. The first kappa shape index (κ1) is 13.9. The van der Waals surface area contributed by atoms with Crippen molar-refractivity contribution in [2.24, 2.45) is 0 Å². The Morgan fingerprint density at radius 3 is 2.52 bits per heavy atom. The van der Waals surface area contributed by atoms with Crippen LogP contribution in [0.15, 0.2) is 71.3 Å². The van der Waals surface area contributed by atoms with Gasteiger partial charge in [0, 0.05) is 28.0 Å². The Bertz CT molecular complexity index is 1310. The van der Waals surface area contributed by atoms with Crippen molar-refractivity contribution in [1.29, 1.82) is 5.26 Å². The van der Waals surface area contributed by atoms with Crippen LogP contribution in [0.4, 0.5) is 0 Å². The molecule has 0 bridgehead atoms. The van der Waals surface area contributed by atoms with Crippen LogP contribution in [-0.2, 0) is 0 Å². The summed E-state index contributed by atoms with van der Waals surface area (Å²) in [6, 6.07) is 22.5. The van der Waals surface area contributed by atoms with Crippen LogP contribution in [0.5, 0.6) is 0 Å². The maximum atomic E-state index is 9.07. The van der Waals surface area contributed by atoms with Crippen molar-refractivity contribution in [1.82, 2.24) is 4.57 Å². The second kappa shape index (κ2) is 4.99. The van der Waals surface area contributed by atoms with E-state index < -0.39 is 0 Å². The molecule has 2 aromatic heterocycles. The van der Waals surface area contributed by atoms with Crippen LogP contribution in [0.3, 0.4) is 0 Å². The molecule has 0 atom stereocenters. The lowest BCUT2D eigenvalue weighted by molar-refractivity contribution is 0.669. The monoisotopic (exact) mass is 322 g/mol. The lowest BCUT2D eigenvalue weighted by Gasteiger charge is -2.06. The van der Waals surface area contributed by atoms with Gasteiger partial charge >= 0.3 is 0 Å². The van der Waals surface area contributed by atoms with Crippen LogP contribution < -0.4 is 0 Å². The molecule has 25 heavy (non-hydrogen) atoms. The topological polar surface area (TPSA) is 41.9 Å². The molecule has 0 saturated carbocycles. The lowest BCUT2D eigenvalue weighted by Crippen LogP contribution is -1.91. The molecule has 0 aliphatic heterocycles. The molecule has 0 aliphatic rings. The highest BCUT2D eigenvalue weighted by Crippen LogP contribution is 2.32. The average molecular weight is 322 g/mol. The second-order valence-corrected chi connectivity index (χ2v) is 6.35. The molecule has 0 radical (unpaired) electrons. The molecule has 0 N–H and O–H groups in total. The van der Waals surface area contributed by atoms with E-state index in [4.69, 9.17) is 9.68 Å². The minimum atomic E-state index is 0.678. The van der Waals surface area contributed by atoms with Crippen molar-refractivity contribution >= 4 is 32.8 Å². The first-order valence-electron chi connectivity index (χ1n) is 8.17. The minimum Gasteiger partial charge on any atom is -0.456 e. The summed E-state index contributed by atoms with van der Waals surface area (Å²) in [7, 11) is 0. The predicted molar refractivity (Wildman–Crippen MR) is 100 cm³/mol. The Kier molecular flexibility index (Phi) is 2.77. The van der Waals surface area contributed by atoms with Gasteiger partial charge in [0.15, 0.2) is 0 Å². The third-order valence-corrected chi connectivity index (χ3v) is 4.71. The summed E-state index contributed by atoms with van der Waals surface area (Å²) in [5.41, 5.74) is 5.87. The molecule has 3 heteroatoms. The summed E-state index contributed by atoms with van der Waals surface area (Å²) >= 11 is 0. The highest BCUT2D eigenvalue weighted by molar-refractivity contribution is 6.06. The third kappa shape index (κ3) is 2.05. The molecule has 3 aromatic carbocycles. The number of fused-ring (bicyclic) bond motifs is 4. The number of rotatable bonds is 1. The van der Waals surface area contributed by atoms with E-state index in [9.17, 15) is 0 Å². The van der Waals surface area contributed by atoms with Crippen LogP contribution in [0, 0.1) is 18.3 Å². The van der Waals surface area contributed by atoms with E-state index in [-0.39, 0.29) is 0 Å². The van der Waals surface area contributed by atoms with Crippen molar-refractivity contribution in [2.75, 3.05) is 0 Å². The minimum absolute atomic E-state index is 0.678. The fraction of sp³-hybridized carbons (Fsp3) is 0.0455. The SMILES string of the molecule is Cc1ccc2oc3ccc(-n4ccc5cc(C#N)ccc54)cc3c2c1. The summed E-state index contributed by atoms with van der Waals surface area (Å²) < 4.78 is 8.10. The van der Waals surface area contributed by atoms with E-state index >= 15 is 0 Å². The number of hydrogen-bond donors (Lipinski definition) is 0. The average Bonchev–Trinajstić information content (AvgIpc) is 3.21. The molecule has 118 valence electrons. The van der Waals surface area contributed by atoms with Gasteiger partial charge in [-0.2, -0.15) is 5.26 Å². The maximum Gasteiger partial charge on any atom is 0.135 e. The number of hydrogen-bond acceptors (Lipinski definition) is 2. The van der Waals surface area contributed by atoms with E-state index in [1.807, 2.05) is 42.6 Å². The fourth-order valence-electron chi connectivity index (χ4n) is 3.47. The lowest BCUT2D eigenvalue weighted by atomic mass is 10.1. The summed E-state index contributed by atoms with van der Waals surface area (Å²) in [6.45, 7) is 2.09. The molecule has 2 heterocycles. The molecule has 0 aliphatic carbocycles. The predicted octanol–water partition coefficient (Wildman–Crippen LogP) is 5.71. The zero-order chi connectivity index (χ0) is 17.0. The van der Waals surface area contributed by atoms with Gasteiger partial charge < -0.3 is 8.98 Å². The van der Waals surface area contributed by atoms with Gasteiger partial charge in [0.2, 0.25) is 0 Å². The van der Waals surface area contributed by atoms with Gasteiger partial charge in [-0.1, -0.05) is 11.6 Å². The van der Waals surface area contributed by atoms with Crippen molar-refractivity contribution in [2.45, 2.75) is 6.92 Å². The molecular weight excluding hydrogens is 308 g/mol. The van der Waals surface area contributed by atoms with Crippen LogP contribution in [-0.4, -0.2) is 4.57 Å². The number of furan rings is 1. The summed E-state index contributed by atoms with van der Waals surface area (Å²) in [6.07, 6.45) is 2.04. The maximum absolute atomic E-state index is 9.07. The van der Waals surface area contributed by atoms with Gasteiger partial charge in [-0.15, -0.1) is 0 Å². The van der Waals surface area contributed by atoms with Gasteiger partial charge in [-0.3, -0.25) is 0 Å². The zero-order valence-electron chi connectivity index (χ0n) is 13.7. The Hall–Kier alpha value is -3.51. The van der Waals surface area contributed by atoms with Crippen LogP contribution in [0.2, 0.25) is 0 Å². The summed E-state index contributed by atoms with van der Waals surface area (Å²) in [5, 5.41) is 12.4. The third-order valence-electron chi connectivity index (χ3n) is 4.71.